The molecule has 4 heteroatoms. The minimum atomic E-state index is 0.300. The Morgan fingerprint density at radius 2 is 2.29 bits per heavy atom. The highest BCUT2D eigenvalue weighted by molar-refractivity contribution is 7.99. The molecule has 94 valence electrons. The van der Waals surface area contributed by atoms with Gasteiger partial charge in [0.1, 0.15) is 0 Å². The molecule has 1 aromatic rings. The maximum atomic E-state index is 4.35. The number of nitrogens with zero attached hydrogens (tertiary/aromatic N) is 2. The average Bonchev–Trinajstić information content (AvgIpc) is 2.40. The molecule has 17 heavy (non-hydrogen) atoms. The fourth-order valence-electron chi connectivity index (χ4n) is 2.48. The van der Waals surface area contributed by atoms with Gasteiger partial charge in [-0.2, -0.15) is 11.8 Å². The molecule has 0 aliphatic heterocycles. The van der Waals surface area contributed by atoms with Gasteiger partial charge in [0.25, 0.3) is 0 Å². The van der Waals surface area contributed by atoms with Crippen LogP contribution >= 0.6 is 11.8 Å². The SMILES string of the molecule is CSC1CCCC(NC(C)c2cnccn2)C1. The van der Waals surface area contributed by atoms with Gasteiger partial charge in [0.05, 0.1) is 5.69 Å². The van der Waals surface area contributed by atoms with Crippen LogP contribution in [0.4, 0.5) is 0 Å². The van der Waals surface area contributed by atoms with Crippen molar-refractivity contribution >= 4 is 11.8 Å². The molecule has 1 heterocycles. The third-order valence-corrected chi connectivity index (χ3v) is 4.57. The van der Waals surface area contributed by atoms with Crippen LogP contribution in [0.3, 0.4) is 0 Å². The Bertz CT molecular complexity index is 331. The monoisotopic (exact) mass is 251 g/mol. The van der Waals surface area contributed by atoms with Crippen LogP contribution in [0.25, 0.3) is 0 Å². The number of hydrogen-bond acceptors (Lipinski definition) is 4. The van der Waals surface area contributed by atoms with E-state index in [0.29, 0.717) is 12.1 Å². The first-order valence-corrected chi connectivity index (χ1v) is 7.63. The molecule has 0 radical (unpaired) electrons. The summed E-state index contributed by atoms with van der Waals surface area (Å²) in [6.07, 6.45) is 12.9. The zero-order valence-corrected chi connectivity index (χ0v) is 11.4. The zero-order chi connectivity index (χ0) is 12.1. The molecule has 3 unspecified atom stereocenters. The smallest absolute Gasteiger partial charge is 0.0753 e. The van der Waals surface area contributed by atoms with Gasteiger partial charge in [-0.25, -0.2) is 0 Å². The van der Waals surface area contributed by atoms with Crippen molar-refractivity contribution in [1.29, 1.82) is 0 Å². The van der Waals surface area contributed by atoms with Crippen LogP contribution in [-0.2, 0) is 0 Å². The lowest BCUT2D eigenvalue weighted by Gasteiger charge is -2.30. The molecular formula is C13H21N3S. The fraction of sp³-hybridized carbons (Fsp3) is 0.692. The van der Waals surface area contributed by atoms with Crippen molar-refractivity contribution in [1.82, 2.24) is 15.3 Å². The highest BCUT2D eigenvalue weighted by Gasteiger charge is 2.22. The summed E-state index contributed by atoms with van der Waals surface area (Å²) in [5, 5.41) is 4.51. The van der Waals surface area contributed by atoms with E-state index in [2.05, 4.69) is 28.5 Å². The van der Waals surface area contributed by atoms with Crippen LogP contribution in [-0.4, -0.2) is 27.5 Å². The van der Waals surface area contributed by atoms with E-state index in [1.807, 2.05) is 18.0 Å². The van der Waals surface area contributed by atoms with Crippen LogP contribution in [0.15, 0.2) is 18.6 Å². The summed E-state index contributed by atoms with van der Waals surface area (Å²) in [5.74, 6) is 0. The Morgan fingerprint density at radius 3 is 3.00 bits per heavy atom. The fourth-order valence-corrected chi connectivity index (χ4v) is 3.31. The van der Waals surface area contributed by atoms with Gasteiger partial charge in [-0.3, -0.25) is 9.97 Å². The predicted molar refractivity (Wildman–Crippen MR) is 73.1 cm³/mol. The second kappa shape index (κ2) is 6.36. The molecule has 1 fully saturated rings. The van der Waals surface area contributed by atoms with Gasteiger partial charge in [-0.15, -0.1) is 0 Å². The number of rotatable bonds is 4. The summed E-state index contributed by atoms with van der Waals surface area (Å²) in [6.45, 7) is 2.17. The Kier molecular flexibility index (Phi) is 4.80. The topological polar surface area (TPSA) is 37.8 Å². The molecule has 3 atom stereocenters. The lowest BCUT2D eigenvalue weighted by molar-refractivity contribution is 0.350. The largest absolute Gasteiger partial charge is 0.306 e. The number of thioether (sulfide) groups is 1. The van der Waals surface area contributed by atoms with Crippen LogP contribution in [0.2, 0.25) is 0 Å². The lowest BCUT2D eigenvalue weighted by Crippen LogP contribution is -2.36. The first-order chi connectivity index (χ1) is 8.29. The van der Waals surface area contributed by atoms with Crippen LogP contribution in [0.1, 0.15) is 44.3 Å². The second-order valence-corrected chi connectivity index (χ2v) is 5.88. The van der Waals surface area contributed by atoms with E-state index in [-0.39, 0.29) is 0 Å². The number of nitrogens with one attached hydrogen (secondary N) is 1. The highest BCUT2D eigenvalue weighted by Crippen LogP contribution is 2.28. The van der Waals surface area contributed by atoms with E-state index in [1.54, 1.807) is 12.4 Å². The molecule has 0 aromatic carbocycles. The zero-order valence-electron chi connectivity index (χ0n) is 10.6. The molecule has 2 rings (SSSR count). The maximum absolute atomic E-state index is 4.35. The van der Waals surface area contributed by atoms with Crippen molar-refractivity contribution in [2.24, 2.45) is 0 Å². The summed E-state index contributed by atoms with van der Waals surface area (Å²) in [5.41, 5.74) is 1.04. The van der Waals surface area contributed by atoms with Crippen molar-refractivity contribution in [2.75, 3.05) is 6.26 Å². The standard InChI is InChI=1S/C13H21N3S/c1-10(13-9-14-6-7-15-13)16-11-4-3-5-12(8-11)17-2/h6-7,9-12,16H,3-5,8H2,1-2H3. The van der Waals surface area contributed by atoms with Crippen molar-refractivity contribution in [2.45, 2.75) is 49.9 Å². The average molecular weight is 251 g/mol. The van der Waals surface area contributed by atoms with E-state index in [4.69, 9.17) is 0 Å². The molecule has 0 bridgehead atoms. The molecule has 0 spiro atoms. The van der Waals surface area contributed by atoms with Gasteiger partial charge in [-0.1, -0.05) is 6.42 Å². The third kappa shape index (κ3) is 3.68. The molecule has 1 aromatic heterocycles. The number of hydrogen-bond donors (Lipinski definition) is 1. The molecule has 0 saturated heterocycles. The Hall–Kier alpha value is -0.610. The molecule has 0 amide bonds. The van der Waals surface area contributed by atoms with Crippen LogP contribution in [0.5, 0.6) is 0 Å². The van der Waals surface area contributed by atoms with Gasteiger partial charge in [-0.05, 0) is 32.4 Å². The van der Waals surface area contributed by atoms with Gasteiger partial charge in [0.2, 0.25) is 0 Å². The normalized spacial score (nSPS) is 26.7. The molecule has 1 N–H and O–H groups in total. The Labute approximate surface area is 108 Å². The van der Waals surface area contributed by atoms with Gasteiger partial charge in [0, 0.05) is 35.9 Å². The van der Waals surface area contributed by atoms with Crippen molar-refractivity contribution < 1.29 is 0 Å². The molecule has 1 saturated carbocycles. The second-order valence-electron chi connectivity index (χ2n) is 4.74. The number of aromatic nitrogens is 2. The first-order valence-electron chi connectivity index (χ1n) is 6.34. The first kappa shape index (κ1) is 12.8. The minimum absolute atomic E-state index is 0.300. The van der Waals surface area contributed by atoms with Crippen molar-refractivity contribution in [3.05, 3.63) is 24.3 Å². The van der Waals surface area contributed by atoms with Crippen molar-refractivity contribution in [3.8, 4) is 0 Å². The van der Waals surface area contributed by atoms with E-state index in [1.165, 1.54) is 25.7 Å². The van der Waals surface area contributed by atoms with Crippen LogP contribution in [0, 0.1) is 0 Å². The van der Waals surface area contributed by atoms with E-state index < -0.39 is 0 Å². The minimum Gasteiger partial charge on any atom is -0.306 e. The summed E-state index contributed by atoms with van der Waals surface area (Å²) >= 11 is 2.00. The Balaban J connectivity index is 1.88. The quantitative estimate of drug-likeness (QED) is 0.893. The maximum Gasteiger partial charge on any atom is 0.0753 e. The van der Waals surface area contributed by atoms with Gasteiger partial charge < -0.3 is 5.32 Å². The summed E-state index contributed by atoms with van der Waals surface area (Å²) in [7, 11) is 0. The van der Waals surface area contributed by atoms with E-state index in [9.17, 15) is 0 Å². The van der Waals surface area contributed by atoms with Crippen molar-refractivity contribution in [3.63, 3.8) is 0 Å². The summed E-state index contributed by atoms with van der Waals surface area (Å²) < 4.78 is 0. The van der Waals surface area contributed by atoms with Crippen LogP contribution < -0.4 is 5.32 Å². The molecular weight excluding hydrogens is 230 g/mol. The predicted octanol–water partition coefficient (Wildman–Crippen LogP) is 2.80. The van der Waals surface area contributed by atoms with Gasteiger partial charge in [0.15, 0.2) is 0 Å². The highest BCUT2D eigenvalue weighted by atomic mass is 32.2. The summed E-state index contributed by atoms with van der Waals surface area (Å²) in [4.78, 5) is 8.48. The molecule has 1 aliphatic rings. The third-order valence-electron chi connectivity index (χ3n) is 3.47. The van der Waals surface area contributed by atoms with Gasteiger partial charge >= 0.3 is 0 Å². The molecule has 1 aliphatic carbocycles. The Morgan fingerprint density at radius 1 is 1.41 bits per heavy atom. The summed E-state index contributed by atoms with van der Waals surface area (Å²) in [6, 6.07) is 0.938. The van der Waals surface area contributed by atoms with E-state index >= 15 is 0 Å². The molecule has 3 nitrogen and oxygen atoms in total. The lowest BCUT2D eigenvalue weighted by atomic mass is 9.94. The van der Waals surface area contributed by atoms with E-state index in [0.717, 1.165) is 10.9 Å².